The van der Waals surface area contributed by atoms with Crippen molar-refractivity contribution in [2.24, 2.45) is 0 Å². The van der Waals surface area contributed by atoms with Crippen LogP contribution >= 0.6 is 0 Å². The average molecular weight is 383 g/mol. The van der Waals surface area contributed by atoms with Crippen LogP contribution in [0.4, 0.5) is 0 Å². The Labute approximate surface area is 148 Å². The van der Waals surface area contributed by atoms with Crippen LogP contribution in [0.2, 0.25) is 0 Å². The van der Waals surface area contributed by atoms with Gasteiger partial charge in [0, 0.05) is 6.92 Å². The fourth-order valence-electron chi connectivity index (χ4n) is 2.98. The van der Waals surface area contributed by atoms with E-state index in [1.54, 1.807) is 0 Å². The summed E-state index contributed by atoms with van der Waals surface area (Å²) in [6.07, 6.45) is -13.6. The fourth-order valence-corrected chi connectivity index (χ4v) is 2.98. The topological polar surface area (TPSA) is 198 Å². The van der Waals surface area contributed by atoms with Crippen LogP contribution in [0.3, 0.4) is 0 Å². The number of amides is 1. The largest absolute Gasteiger partial charge is 0.394 e. The standard InChI is InChI=1S/C14H25NO11/c1-4(18)15-7-9(20)12(6(3-17)24-13(7)23)26-14-11(22)10(21)8(19)5(2-16)25-14/h5-14,16-17,19-23H,2-3H2,1H3,(H,15,18)/t5?,6?,7-,8+,9?,10+,11?,12+,13-,14+/m1/s1. The van der Waals surface area contributed by atoms with E-state index < -0.39 is 80.5 Å². The van der Waals surface area contributed by atoms with Gasteiger partial charge in [-0.05, 0) is 0 Å². The molecule has 0 aromatic heterocycles. The minimum Gasteiger partial charge on any atom is -0.394 e. The lowest BCUT2D eigenvalue weighted by Gasteiger charge is -2.46. The van der Waals surface area contributed by atoms with Gasteiger partial charge in [-0.1, -0.05) is 0 Å². The van der Waals surface area contributed by atoms with E-state index in [1.807, 2.05) is 0 Å². The Hall–Kier alpha value is -0.930. The summed E-state index contributed by atoms with van der Waals surface area (Å²) < 4.78 is 15.7. The molecule has 12 heteroatoms. The Morgan fingerprint density at radius 3 is 2.08 bits per heavy atom. The predicted octanol–water partition coefficient (Wildman–Crippen LogP) is -5.25. The molecular formula is C14H25NO11. The molecular weight excluding hydrogens is 358 g/mol. The number of nitrogens with one attached hydrogen (secondary N) is 1. The number of carbonyl (C=O) groups excluding carboxylic acids is 1. The van der Waals surface area contributed by atoms with E-state index in [0.29, 0.717) is 0 Å². The van der Waals surface area contributed by atoms with Gasteiger partial charge in [0.05, 0.1) is 13.2 Å². The zero-order valence-corrected chi connectivity index (χ0v) is 14.0. The Balaban J connectivity index is 2.16. The number of hydrogen-bond donors (Lipinski definition) is 8. The van der Waals surface area contributed by atoms with Gasteiger partial charge in [-0.2, -0.15) is 0 Å². The highest BCUT2D eigenvalue weighted by Gasteiger charge is 2.50. The molecule has 2 rings (SSSR count). The van der Waals surface area contributed by atoms with Crippen LogP contribution < -0.4 is 5.32 Å². The second-order valence-electron chi connectivity index (χ2n) is 6.26. The van der Waals surface area contributed by atoms with E-state index in [0.717, 1.165) is 6.92 Å². The first kappa shape index (κ1) is 21.4. The quantitative estimate of drug-likeness (QED) is 0.226. The number of ether oxygens (including phenoxy) is 3. The Morgan fingerprint density at radius 2 is 1.54 bits per heavy atom. The van der Waals surface area contributed by atoms with Crippen LogP contribution in [-0.2, 0) is 19.0 Å². The van der Waals surface area contributed by atoms with Gasteiger partial charge in [-0.15, -0.1) is 0 Å². The van der Waals surface area contributed by atoms with E-state index >= 15 is 0 Å². The Bertz CT molecular complexity index is 478. The molecule has 2 aliphatic heterocycles. The fraction of sp³-hybridized carbons (Fsp3) is 0.929. The first-order valence-electron chi connectivity index (χ1n) is 8.06. The SMILES string of the molecule is CC(=O)N[C@@H]1C(O)[C@@H](O[C@@H]2OC(CO)[C@H](O)[C@H](O)C2O)C(CO)O[C@H]1O. The molecule has 2 aliphatic rings. The molecule has 0 aliphatic carbocycles. The van der Waals surface area contributed by atoms with Crippen molar-refractivity contribution in [3.05, 3.63) is 0 Å². The minimum absolute atomic E-state index is 0.564. The third kappa shape index (κ3) is 4.31. The van der Waals surface area contributed by atoms with Crippen LogP contribution in [-0.4, -0.2) is 116 Å². The van der Waals surface area contributed by atoms with Crippen molar-refractivity contribution >= 4 is 5.91 Å². The van der Waals surface area contributed by atoms with Crippen LogP contribution in [0, 0.1) is 0 Å². The maximum absolute atomic E-state index is 11.2. The summed E-state index contributed by atoms with van der Waals surface area (Å²) in [4.78, 5) is 11.2. The van der Waals surface area contributed by atoms with Crippen LogP contribution in [0.1, 0.15) is 6.92 Å². The van der Waals surface area contributed by atoms with Crippen molar-refractivity contribution in [3.8, 4) is 0 Å². The number of hydrogen-bond acceptors (Lipinski definition) is 11. The summed E-state index contributed by atoms with van der Waals surface area (Å²) in [6, 6.07) is -1.29. The Kier molecular flexibility index (Phi) is 7.27. The van der Waals surface area contributed by atoms with E-state index in [-0.39, 0.29) is 0 Å². The molecule has 12 nitrogen and oxygen atoms in total. The summed E-state index contributed by atoms with van der Waals surface area (Å²) in [5, 5.41) is 70.7. The summed E-state index contributed by atoms with van der Waals surface area (Å²) in [5.74, 6) is -0.564. The normalized spacial score (nSPS) is 46.8. The van der Waals surface area contributed by atoms with Gasteiger partial charge in [-0.25, -0.2) is 0 Å². The highest BCUT2D eigenvalue weighted by molar-refractivity contribution is 5.73. The van der Waals surface area contributed by atoms with Gasteiger partial charge in [0.15, 0.2) is 12.6 Å². The number of rotatable bonds is 5. The monoisotopic (exact) mass is 383 g/mol. The van der Waals surface area contributed by atoms with Crippen LogP contribution in [0.15, 0.2) is 0 Å². The molecule has 0 bridgehead atoms. The summed E-state index contributed by atoms with van der Waals surface area (Å²) in [6.45, 7) is -0.195. The van der Waals surface area contributed by atoms with Gasteiger partial charge < -0.3 is 55.3 Å². The summed E-state index contributed by atoms with van der Waals surface area (Å²) in [7, 11) is 0. The Morgan fingerprint density at radius 1 is 0.923 bits per heavy atom. The van der Waals surface area contributed by atoms with Gasteiger partial charge in [0.2, 0.25) is 5.91 Å². The van der Waals surface area contributed by atoms with Crippen LogP contribution in [0.5, 0.6) is 0 Å². The second kappa shape index (κ2) is 8.84. The lowest BCUT2D eigenvalue weighted by atomic mass is 9.95. The molecule has 4 unspecified atom stereocenters. The summed E-state index contributed by atoms with van der Waals surface area (Å²) >= 11 is 0. The maximum Gasteiger partial charge on any atom is 0.217 e. The molecule has 0 saturated carbocycles. The highest BCUT2D eigenvalue weighted by atomic mass is 16.7. The van der Waals surface area contributed by atoms with E-state index in [4.69, 9.17) is 14.2 Å². The van der Waals surface area contributed by atoms with Crippen molar-refractivity contribution in [2.45, 2.75) is 68.3 Å². The van der Waals surface area contributed by atoms with E-state index in [2.05, 4.69) is 5.32 Å². The second-order valence-corrected chi connectivity index (χ2v) is 6.26. The number of carbonyl (C=O) groups is 1. The average Bonchev–Trinajstić information content (AvgIpc) is 2.60. The molecule has 1 amide bonds. The molecule has 2 heterocycles. The smallest absolute Gasteiger partial charge is 0.217 e. The van der Waals surface area contributed by atoms with Gasteiger partial charge >= 0.3 is 0 Å². The van der Waals surface area contributed by atoms with Crippen molar-refractivity contribution < 1.29 is 54.8 Å². The molecule has 0 radical (unpaired) electrons. The summed E-state index contributed by atoms with van der Waals surface area (Å²) in [5.41, 5.74) is 0. The third-order valence-electron chi connectivity index (χ3n) is 4.38. The van der Waals surface area contributed by atoms with Gasteiger partial charge in [0.25, 0.3) is 0 Å². The van der Waals surface area contributed by atoms with Crippen molar-refractivity contribution in [1.82, 2.24) is 5.32 Å². The molecule has 2 fully saturated rings. The first-order chi connectivity index (χ1) is 12.2. The minimum atomic E-state index is -1.73. The predicted molar refractivity (Wildman–Crippen MR) is 80.2 cm³/mol. The van der Waals surface area contributed by atoms with Crippen molar-refractivity contribution in [2.75, 3.05) is 13.2 Å². The lowest BCUT2D eigenvalue weighted by molar-refractivity contribution is -0.345. The van der Waals surface area contributed by atoms with Crippen LogP contribution in [0.25, 0.3) is 0 Å². The maximum atomic E-state index is 11.2. The lowest BCUT2D eigenvalue weighted by Crippen LogP contribution is -2.67. The molecule has 152 valence electrons. The van der Waals surface area contributed by atoms with Gasteiger partial charge in [0.1, 0.15) is 48.8 Å². The van der Waals surface area contributed by atoms with Crippen molar-refractivity contribution in [3.63, 3.8) is 0 Å². The zero-order chi connectivity index (χ0) is 19.6. The molecule has 0 aromatic rings. The molecule has 2 saturated heterocycles. The molecule has 10 atom stereocenters. The molecule has 26 heavy (non-hydrogen) atoms. The van der Waals surface area contributed by atoms with Crippen molar-refractivity contribution in [1.29, 1.82) is 0 Å². The first-order valence-corrected chi connectivity index (χ1v) is 8.06. The van der Waals surface area contributed by atoms with E-state index in [1.165, 1.54) is 0 Å². The number of aliphatic hydroxyl groups is 7. The molecule has 0 aromatic carbocycles. The van der Waals surface area contributed by atoms with E-state index in [9.17, 15) is 40.5 Å². The molecule has 0 spiro atoms. The molecule has 8 N–H and O–H groups in total. The van der Waals surface area contributed by atoms with Gasteiger partial charge in [-0.3, -0.25) is 4.79 Å². The number of aliphatic hydroxyl groups excluding tert-OH is 7. The third-order valence-corrected chi connectivity index (χ3v) is 4.38. The zero-order valence-electron chi connectivity index (χ0n) is 14.0. The highest BCUT2D eigenvalue weighted by Crippen LogP contribution is 2.28.